The van der Waals surface area contributed by atoms with Crippen molar-refractivity contribution in [1.82, 2.24) is 14.7 Å². The molecule has 9 unspecified atom stereocenters. The maximum Gasteiger partial charge on any atom is 0.426 e. The lowest BCUT2D eigenvalue weighted by atomic mass is 9.74. The summed E-state index contributed by atoms with van der Waals surface area (Å²) < 4.78 is 49.1. The zero-order valence-electron chi connectivity index (χ0n) is 26.8. The second kappa shape index (κ2) is 12.0. The quantitative estimate of drug-likeness (QED) is 0.299. The molecule has 10 atom stereocenters. The van der Waals surface area contributed by atoms with E-state index in [2.05, 4.69) is 23.7 Å². The van der Waals surface area contributed by atoms with Crippen molar-refractivity contribution in [1.29, 1.82) is 0 Å². The molecule has 3 saturated carbocycles. The number of hydrogen-bond acceptors (Lipinski definition) is 6. The van der Waals surface area contributed by atoms with Crippen LogP contribution in [0.1, 0.15) is 71.6 Å². The smallest absolute Gasteiger partial charge is 0.378 e. The Morgan fingerprint density at radius 2 is 1.80 bits per heavy atom. The Morgan fingerprint density at radius 1 is 1.13 bits per heavy atom. The Kier molecular flexibility index (Phi) is 8.81. The Morgan fingerprint density at radius 3 is 2.40 bits per heavy atom. The van der Waals surface area contributed by atoms with Gasteiger partial charge in [-0.05, 0) is 101 Å². The summed E-state index contributed by atoms with van der Waals surface area (Å²) in [4.78, 5) is 36.4. The van der Waals surface area contributed by atoms with Crippen LogP contribution in [0.2, 0.25) is 0 Å². The standard InChI is InChI=1S/C33H48ClF3N4O4/c1-19-7-8-20(2)41(19)29(42)23-9-10-27(38-28(23)34)40-14-11-21(12-15-40)6-5-13-39(3)30(43)32(44,33(35,36)37)25-17-22-16-24(22)31(45-4)18-26(25)31/h9-10,19-26,28,44H,5-8,11-18H2,1-4H3/t19?,20?,22?,23?,24?,25?,26?,28?,31?,32-/m1/s1. The van der Waals surface area contributed by atoms with E-state index >= 15 is 0 Å². The first kappa shape index (κ1) is 33.1. The van der Waals surface area contributed by atoms with E-state index in [1.165, 1.54) is 14.2 Å². The van der Waals surface area contributed by atoms with Crippen molar-refractivity contribution in [2.24, 2.45) is 40.5 Å². The van der Waals surface area contributed by atoms with Gasteiger partial charge in [-0.25, -0.2) is 4.99 Å². The number of amidine groups is 1. The fourth-order valence-corrected chi connectivity index (χ4v) is 9.60. The molecule has 3 aliphatic carbocycles. The molecule has 6 rings (SSSR count). The van der Waals surface area contributed by atoms with Crippen LogP contribution < -0.4 is 0 Å². The molecule has 0 bridgehead atoms. The van der Waals surface area contributed by atoms with Crippen molar-refractivity contribution in [3.05, 3.63) is 12.2 Å². The summed E-state index contributed by atoms with van der Waals surface area (Å²) in [5.74, 6) is -1.80. The molecule has 0 aromatic rings. The van der Waals surface area contributed by atoms with Gasteiger partial charge in [0, 0.05) is 51.8 Å². The SMILES string of the molecule is COC12CC1C([C@@](O)(C(=O)N(C)CCCC1CCN(C3=NC(Cl)C(C(=O)N4C(C)CCC4C)C=C3)CC1)C(F)(F)F)CC1CC12. The molecule has 1 N–H and O–H groups in total. The highest BCUT2D eigenvalue weighted by molar-refractivity contribution is 6.23. The van der Waals surface area contributed by atoms with E-state index in [0.717, 1.165) is 62.3 Å². The first-order valence-corrected chi connectivity index (χ1v) is 17.2. The van der Waals surface area contributed by atoms with E-state index in [9.17, 15) is 27.9 Å². The molecule has 0 aromatic carbocycles. The number of amides is 2. The largest absolute Gasteiger partial charge is 0.426 e. The van der Waals surface area contributed by atoms with Gasteiger partial charge in [0.1, 0.15) is 11.3 Å². The van der Waals surface area contributed by atoms with E-state index in [1.54, 1.807) is 0 Å². The number of carbonyl (C=O) groups is 2. The number of hydrogen-bond donors (Lipinski definition) is 1. The zero-order chi connectivity index (χ0) is 32.5. The van der Waals surface area contributed by atoms with Gasteiger partial charge in [-0.2, -0.15) is 13.2 Å². The number of dihydropyridines is 1. The highest BCUT2D eigenvalue weighted by Gasteiger charge is 2.79. The summed E-state index contributed by atoms with van der Waals surface area (Å²) in [6.07, 6.45) is 5.35. The number of methoxy groups -OCH3 is 1. The molecule has 5 fully saturated rings. The maximum absolute atomic E-state index is 14.5. The van der Waals surface area contributed by atoms with Crippen LogP contribution in [0.15, 0.2) is 17.1 Å². The highest BCUT2D eigenvalue weighted by atomic mass is 35.5. The lowest BCUT2D eigenvalue weighted by Crippen LogP contribution is -2.63. The molecule has 0 aromatic heterocycles. The van der Waals surface area contributed by atoms with E-state index in [4.69, 9.17) is 16.3 Å². The number of piperidine rings is 1. The van der Waals surface area contributed by atoms with Gasteiger partial charge in [-0.1, -0.05) is 17.7 Å². The third-order valence-corrected chi connectivity index (χ3v) is 12.5. The fraction of sp³-hybridized carbons (Fsp3) is 0.848. The van der Waals surface area contributed by atoms with Crippen LogP contribution in [0, 0.1) is 35.5 Å². The highest BCUT2D eigenvalue weighted by Crippen LogP contribution is 2.73. The van der Waals surface area contributed by atoms with Gasteiger partial charge in [0.05, 0.1) is 11.5 Å². The van der Waals surface area contributed by atoms with Crippen molar-refractivity contribution in [3.8, 4) is 0 Å². The summed E-state index contributed by atoms with van der Waals surface area (Å²) in [5, 5.41) is 11.2. The molecule has 3 heterocycles. The molecule has 0 radical (unpaired) electrons. The average Bonchev–Trinajstić information content (AvgIpc) is 3.91. The minimum absolute atomic E-state index is 0.0355. The van der Waals surface area contributed by atoms with Crippen molar-refractivity contribution in [2.75, 3.05) is 33.8 Å². The number of nitrogens with zero attached hydrogens (tertiary/aromatic N) is 4. The predicted octanol–water partition coefficient (Wildman–Crippen LogP) is 4.84. The molecule has 3 aliphatic heterocycles. The number of carbonyl (C=O) groups excluding carboxylic acids is 2. The van der Waals surface area contributed by atoms with Gasteiger partial charge in [0.2, 0.25) is 11.5 Å². The van der Waals surface area contributed by atoms with Gasteiger partial charge in [0.15, 0.2) is 0 Å². The van der Waals surface area contributed by atoms with Crippen LogP contribution in [0.3, 0.4) is 0 Å². The Labute approximate surface area is 269 Å². The van der Waals surface area contributed by atoms with Gasteiger partial charge in [-0.3, -0.25) is 9.59 Å². The second-order valence-electron chi connectivity index (χ2n) is 14.7. The Balaban J connectivity index is 0.977. The number of likely N-dealkylation sites (N-methyl/N-ethyl adjacent to an activating group) is 1. The monoisotopic (exact) mass is 656 g/mol. The van der Waals surface area contributed by atoms with Crippen LogP contribution in [0.4, 0.5) is 13.2 Å². The van der Waals surface area contributed by atoms with Gasteiger partial charge < -0.3 is 24.5 Å². The topological polar surface area (TPSA) is 85.7 Å². The van der Waals surface area contributed by atoms with Crippen LogP contribution in [-0.4, -0.2) is 106 Å². The number of rotatable bonds is 8. The first-order valence-electron chi connectivity index (χ1n) is 16.8. The molecule has 252 valence electrons. The Hall–Kier alpha value is -1.85. The normalized spacial score (nSPS) is 39.1. The number of fused-ring (bicyclic) bond motifs is 3. The summed E-state index contributed by atoms with van der Waals surface area (Å²) in [7, 11) is 2.91. The van der Waals surface area contributed by atoms with Crippen LogP contribution >= 0.6 is 11.6 Å². The van der Waals surface area contributed by atoms with Gasteiger partial charge in [-0.15, -0.1) is 0 Å². The predicted molar refractivity (Wildman–Crippen MR) is 164 cm³/mol. The average molecular weight is 657 g/mol. The number of aliphatic hydroxyl groups is 1. The van der Waals surface area contributed by atoms with Crippen LogP contribution in [-0.2, 0) is 14.3 Å². The molecule has 8 nitrogen and oxygen atoms in total. The molecule has 2 amide bonds. The molecule has 6 aliphatic rings. The van der Waals surface area contributed by atoms with E-state index < -0.39 is 46.5 Å². The summed E-state index contributed by atoms with van der Waals surface area (Å²) in [5.41, 5.74) is -4.65. The summed E-state index contributed by atoms with van der Waals surface area (Å²) >= 11 is 6.62. The lowest BCUT2D eigenvalue weighted by molar-refractivity contribution is -0.278. The summed E-state index contributed by atoms with van der Waals surface area (Å²) in [6, 6.07) is 0.415. The van der Waals surface area contributed by atoms with E-state index in [-0.39, 0.29) is 42.8 Å². The second-order valence-corrected chi connectivity index (χ2v) is 15.2. The minimum atomic E-state index is -5.06. The third kappa shape index (κ3) is 5.70. The maximum atomic E-state index is 14.5. The third-order valence-electron chi connectivity index (χ3n) is 12.2. The van der Waals surface area contributed by atoms with E-state index in [1.807, 2.05) is 17.1 Å². The molecular weight excluding hydrogens is 609 g/mol. The first-order chi connectivity index (χ1) is 21.2. The zero-order valence-corrected chi connectivity index (χ0v) is 27.6. The molecular formula is C33H48ClF3N4O4. The number of ether oxygens (including phenoxy) is 1. The molecule has 45 heavy (non-hydrogen) atoms. The van der Waals surface area contributed by atoms with Crippen molar-refractivity contribution in [2.45, 2.75) is 107 Å². The molecule has 2 saturated heterocycles. The minimum Gasteiger partial charge on any atom is -0.378 e. The Bertz CT molecular complexity index is 1210. The van der Waals surface area contributed by atoms with Crippen molar-refractivity contribution >= 4 is 29.3 Å². The van der Waals surface area contributed by atoms with Crippen LogP contribution in [0.25, 0.3) is 0 Å². The lowest BCUT2D eigenvalue weighted by Gasteiger charge is -2.41. The fourth-order valence-electron chi connectivity index (χ4n) is 9.31. The van der Waals surface area contributed by atoms with E-state index in [0.29, 0.717) is 18.8 Å². The number of likely N-dealkylation sites (tertiary alicyclic amines) is 2. The summed E-state index contributed by atoms with van der Waals surface area (Å²) in [6.45, 7) is 5.85. The number of halogens is 4. The van der Waals surface area contributed by atoms with Gasteiger partial charge >= 0.3 is 6.18 Å². The molecule has 0 spiro atoms. The van der Waals surface area contributed by atoms with Crippen molar-refractivity contribution in [3.63, 3.8) is 0 Å². The van der Waals surface area contributed by atoms with Crippen molar-refractivity contribution < 1.29 is 32.6 Å². The van der Waals surface area contributed by atoms with Crippen LogP contribution in [0.5, 0.6) is 0 Å². The number of alkyl halides is 4. The van der Waals surface area contributed by atoms with Gasteiger partial charge in [0.25, 0.3) is 5.91 Å². The molecule has 12 heteroatoms. The number of aliphatic imine (C=N–C) groups is 1.